The fourth-order valence-electron chi connectivity index (χ4n) is 2.78. The average molecular weight is 283 g/mol. The van der Waals surface area contributed by atoms with Crippen LogP contribution in [0.3, 0.4) is 0 Å². The Hall–Kier alpha value is -0.610. The van der Waals surface area contributed by atoms with Gasteiger partial charge in [0.25, 0.3) is 0 Å². The molecule has 1 saturated heterocycles. The molecule has 0 aromatic heterocycles. The van der Waals surface area contributed by atoms with Crippen LogP contribution >= 0.6 is 11.6 Å². The Morgan fingerprint density at radius 2 is 2.32 bits per heavy atom. The maximum atomic E-state index is 6.21. The Morgan fingerprint density at radius 3 is 2.95 bits per heavy atom. The zero-order chi connectivity index (χ0) is 13.8. The number of rotatable bonds is 4. The lowest BCUT2D eigenvalue weighted by atomic mass is 9.98. The first-order chi connectivity index (χ1) is 9.11. The number of nitrogens with zero attached hydrogens (tertiary/aromatic N) is 1. The van der Waals surface area contributed by atoms with Crippen LogP contribution in [0.4, 0.5) is 0 Å². The number of ether oxygens (including phenoxy) is 1. The molecule has 0 bridgehead atoms. The molecule has 1 fully saturated rings. The molecule has 1 aliphatic heterocycles. The predicted molar refractivity (Wildman–Crippen MR) is 79.4 cm³/mol. The molecular formula is C15H23ClN2O. The molecule has 2 N–H and O–H groups in total. The molecule has 19 heavy (non-hydrogen) atoms. The van der Waals surface area contributed by atoms with Gasteiger partial charge in [-0.3, -0.25) is 4.90 Å². The van der Waals surface area contributed by atoms with Gasteiger partial charge in [0.2, 0.25) is 0 Å². The number of halogens is 1. The number of hydrogen-bond donors (Lipinski definition) is 1. The Labute approximate surface area is 120 Å². The molecule has 1 heterocycles. The van der Waals surface area contributed by atoms with Crippen molar-refractivity contribution in [3.8, 4) is 0 Å². The van der Waals surface area contributed by atoms with Crippen molar-refractivity contribution in [2.45, 2.75) is 38.5 Å². The third-order valence-corrected chi connectivity index (χ3v) is 3.94. The van der Waals surface area contributed by atoms with Gasteiger partial charge in [-0.25, -0.2) is 0 Å². The highest BCUT2D eigenvalue weighted by Gasteiger charge is 2.29. The summed E-state index contributed by atoms with van der Waals surface area (Å²) in [4.78, 5) is 2.42. The Balaban J connectivity index is 2.20. The van der Waals surface area contributed by atoms with E-state index in [0.717, 1.165) is 31.1 Å². The van der Waals surface area contributed by atoms with Crippen molar-refractivity contribution < 1.29 is 4.74 Å². The van der Waals surface area contributed by atoms with Crippen molar-refractivity contribution in [3.63, 3.8) is 0 Å². The molecule has 0 saturated carbocycles. The third-order valence-electron chi connectivity index (χ3n) is 3.71. The summed E-state index contributed by atoms with van der Waals surface area (Å²) < 4.78 is 5.74. The van der Waals surface area contributed by atoms with Gasteiger partial charge in [-0.1, -0.05) is 30.7 Å². The first-order valence-electron chi connectivity index (χ1n) is 6.98. The molecule has 1 aromatic rings. The fraction of sp³-hybridized carbons (Fsp3) is 0.600. The van der Waals surface area contributed by atoms with Gasteiger partial charge in [-0.05, 0) is 31.0 Å². The minimum atomic E-state index is 0.0640. The summed E-state index contributed by atoms with van der Waals surface area (Å²) in [6.07, 6.45) is 1.35. The molecule has 4 heteroatoms. The number of hydrogen-bond acceptors (Lipinski definition) is 3. The van der Waals surface area contributed by atoms with Gasteiger partial charge in [0, 0.05) is 30.2 Å². The van der Waals surface area contributed by atoms with E-state index in [2.05, 4.69) is 24.8 Å². The minimum Gasteiger partial charge on any atom is -0.376 e. The lowest BCUT2D eigenvalue weighted by molar-refractivity contribution is -0.0477. The van der Waals surface area contributed by atoms with Gasteiger partial charge in [0.15, 0.2) is 0 Å². The summed E-state index contributed by atoms with van der Waals surface area (Å²) in [5.74, 6) is 0. The quantitative estimate of drug-likeness (QED) is 0.923. The van der Waals surface area contributed by atoms with Crippen LogP contribution in [0.15, 0.2) is 24.3 Å². The highest BCUT2D eigenvalue weighted by molar-refractivity contribution is 6.30. The van der Waals surface area contributed by atoms with E-state index >= 15 is 0 Å². The van der Waals surface area contributed by atoms with Crippen LogP contribution in [0.2, 0.25) is 5.02 Å². The average Bonchev–Trinajstić information content (AvgIpc) is 2.39. The number of benzene rings is 1. The van der Waals surface area contributed by atoms with Crippen molar-refractivity contribution >= 4 is 11.6 Å². The fourth-order valence-corrected chi connectivity index (χ4v) is 2.98. The molecule has 106 valence electrons. The van der Waals surface area contributed by atoms with Crippen LogP contribution in [0, 0.1) is 0 Å². The van der Waals surface area contributed by atoms with Crippen molar-refractivity contribution in [1.82, 2.24) is 4.90 Å². The van der Waals surface area contributed by atoms with E-state index in [4.69, 9.17) is 22.1 Å². The topological polar surface area (TPSA) is 38.5 Å². The van der Waals surface area contributed by atoms with E-state index < -0.39 is 0 Å². The molecule has 1 aliphatic rings. The summed E-state index contributed by atoms with van der Waals surface area (Å²) >= 11 is 6.10. The maximum absolute atomic E-state index is 6.21. The third kappa shape index (κ3) is 3.69. The van der Waals surface area contributed by atoms with Gasteiger partial charge in [0.05, 0.1) is 12.7 Å². The van der Waals surface area contributed by atoms with E-state index in [1.165, 1.54) is 5.56 Å². The largest absolute Gasteiger partial charge is 0.376 e. The minimum absolute atomic E-state index is 0.0640. The number of nitrogens with two attached hydrogens (primary N) is 1. The highest BCUT2D eigenvalue weighted by atomic mass is 35.5. The van der Waals surface area contributed by atoms with Gasteiger partial charge < -0.3 is 10.5 Å². The molecule has 0 spiro atoms. The second-order valence-electron chi connectivity index (χ2n) is 5.25. The Bertz CT molecular complexity index is 411. The molecule has 3 unspecified atom stereocenters. The van der Waals surface area contributed by atoms with Crippen molar-refractivity contribution in [2.75, 3.05) is 19.7 Å². The normalized spacial score (nSPS) is 24.1. The number of morpholine rings is 1. The van der Waals surface area contributed by atoms with Crippen LogP contribution in [0.5, 0.6) is 0 Å². The standard InChI is InChI=1S/C15H23ClN2O/c1-3-14-10-18(7-8-19-14)15(11(2)17)12-5-4-6-13(16)9-12/h4-6,9,11,14-15H,3,7-8,10,17H2,1-2H3. The lowest BCUT2D eigenvalue weighted by Gasteiger charge is -2.40. The molecular weight excluding hydrogens is 260 g/mol. The predicted octanol–water partition coefficient (Wildman–Crippen LogP) is 2.84. The second kappa shape index (κ2) is 6.71. The molecule has 0 amide bonds. The van der Waals surface area contributed by atoms with E-state index in [1.54, 1.807) is 0 Å². The Morgan fingerprint density at radius 1 is 1.53 bits per heavy atom. The maximum Gasteiger partial charge on any atom is 0.0700 e. The smallest absolute Gasteiger partial charge is 0.0700 e. The summed E-state index contributed by atoms with van der Waals surface area (Å²) in [6.45, 7) is 6.86. The molecule has 1 aromatic carbocycles. The Kier molecular flexibility index (Phi) is 5.22. The molecule has 2 rings (SSSR count). The van der Waals surface area contributed by atoms with Gasteiger partial charge >= 0.3 is 0 Å². The second-order valence-corrected chi connectivity index (χ2v) is 5.69. The molecule has 3 atom stereocenters. The monoisotopic (exact) mass is 282 g/mol. The van der Waals surface area contributed by atoms with Crippen LogP contribution < -0.4 is 5.73 Å². The zero-order valence-corrected chi connectivity index (χ0v) is 12.4. The van der Waals surface area contributed by atoms with Gasteiger partial charge in [-0.2, -0.15) is 0 Å². The van der Waals surface area contributed by atoms with Crippen molar-refractivity contribution in [2.24, 2.45) is 5.73 Å². The summed E-state index contributed by atoms with van der Waals surface area (Å²) in [5, 5.41) is 0.767. The van der Waals surface area contributed by atoms with Crippen LogP contribution in [0.25, 0.3) is 0 Å². The first-order valence-corrected chi connectivity index (χ1v) is 7.36. The SMILES string of the molecule is CCC1CN(C(c2cccc(Cl)c2)C(C)N)CCO1. The summed E-state index contributed by atoms with van der Waals surface area (Å²) in [5.41, 5.74) is 7.40. The van der Waals surface area contributed by atoms with E-state index in [9.17, 15) is 0 Å². The van der Waals surface area contributed by atoms with E-state index in [0.29, 0.717) is 6.10 Å². The summed E-state index contributed by atoms with van der Waals surface area (Å²) in [6, 6.07) is 8.29. The first kappa shape index (κ1) is 14.8. The lowest BCUT2D eigenvalue weighted by Crippen LogP contribution is -2.48. The van der Waals surface area contributed by atoms with E-state index in [-0.39, 0.29) is 12.1 Å². The molecule has 0 radical (unpaired) electrons. The van der Waals surface area contributed by atoms with Crippen molar-refractivity contribution in [3.05, 3.63) is 34.9 Å². The van der Waals surface area contributed by atoms with Crippen LogP contribution in [0.1, 0.15) is 31.9 Å². The molecule has 3 nitrogen and oxygen atoms in total. The van der Waals surface area contributed by atoms with E-state index in [1.807, 2.05) is 18.2 Å². The molecule has 0 aliphatic carbocycles. The van der Waals surface area contributed by atoms with Gasteiger partial charge in [0.1, 0.15) is 0 Å². The summed E-state index contributed by atoms with van der Waals surface area (Å²) in [7, 11) is 0. The van der Waals surface area contributed by atoms with Crippen molar-refractivity contribution in [1.29, 1.82) is 0 Å². The zero-order valence-electron chi connectivity index (χ0n) is 11.7. The van der Waals surface area contributed by atoms with Crippen LogP contribution in [-0.4, -0.2) is 36.7 Å². The highest BCUT2D eigenvalue weighted by Crippen LogP contribution is 2.27. The van der Waals surface area contributed by atoms with Gasteiger partial charge in [-0.15, -0.1) is 0 Å². The van der Waals surface area contributed by atoms with Crippen LogP contribution in [-0.2, 0) is 4.74 Å².